The Bertz CT molecular complexity index is 683. The molecule has 0 atom stereocenters. The van der Waals surface area contributed by atoms with Crippen molar-refractivity contribution in [1.82, 2.24) is 10.2 Å². The minimum atomic E-state index is -0.580. The molecule has 126 valence electrons. The predicted molar refractivity (Wildman–Crippen MR) is 84.9 cm³/mol. The Kier molecular flexibility index (Phi) is 6.24. The van der Waals surface area contributed by atoms with E-state index in [4.69, 9.17) is 14.2 Å². The molecule has 0 spiro atoms. The molecule has 7 nitrogen and oxygen atoms in total. The maximum Gasteiger partial charge on any atom is 0.313 e. The average Bonchev–Trinajstić information content (AvgIpc) is 2.61. The number of carbonyl (C=O) groups excluding carboxylic acids is 2. The number of hydrogen-bond acceptors (Lipinski definition) is 7. The number of aromatic nitrogens is 2. The molecule has 0 aliphatic heterocycles. The third kappa shape index (κ3) is 5.05. The number of ether oxygens (including phenoxy) is 3. The van der Waals surface area contributed by atoms with E-state index < -0.39 is 11.8 Å². The summed E-state index contributed by atoms with van der Waals surface area (Å²) in [6.45, 7) is 2.22. The van der Waals surface area contributed by atoms with Gasteiger partial charge in [-0.15, -0.1) is 10.2 Å². The molecule has 2 aromatic rings. The first-order valence-corrected chi connectivity index (χ1v) is 7.40. The van der Waals surface area contributed by atoms with Gasteiger partial charge in [-0.05, 0) is 30.7 Å². The summed E-state index contributed by atoms with van der Waals surface area (Å²) >= 11 is 0. The van der Waals surface area contributed by atoms with Crippen molar-refractivity contribution in [3.8, 4) is 11.6 Å². The second-order valence-electron chi connectivity index (χ2n) is 4.80. The van der Waals surface area contributed by atoms with Crippen LogP contribution in [0.5, 0.6) is 11.6 Å². The fraction of sp³-hybridized carbons (Fsp3) is 0.294. The molecular formula is C17H18N2O5. The first kappa shape index (κ1) is 17.4. The Morgan fingerprint density at radius 2 is 1.79 bits per heavy atom. The molecule has 0 saturated heterocycles. The van der Waals surface area contributed by atoms with E-state index >= 15 is 0 Å². The number of ketones is 1. The highest BCUT2D eigenvalue weighted by molar-refractivity contribution is 6.04. The first-order valence-electron chi connectivity index (χ1n) is 7.40. The smallest absolute Gasteiger partial charge is 0.313 e. The second-order valence-corrected chi connectivity index (χ2v) is 4.80. The molecule has 7 heteroatoms. The summed E-state index contributed by atoms with van der Waals surface area (Å²) in [6, 6.07) is 10.4. The number of rotatable bonds is 8. The molecule has 0 unspecified atom stereocenters. The molecule has 0 saturated carbocycles. The van der Waals surface area contributed by atoms with E-state index in [1.165, 1.54) is 12.1 Å². The lowest BCUT2D eigenvalue weighted by Gasteiger charge is -2.06. The van der Waals surface area contributed by atoms with Crippen LogP contribution >= 0.6 is 0 Å². The Labute approximate surface area is 139 Å². The van der Waals surface area contributed by atoms with Gasteiger partial charge in [-0.25, -0.2) is 0 Å². The lowest BCUT2D eigenvalue weighted by atomic mass is 10.2. The van der Waals surface area contributed by atoms with Crippen molar-refractivity contribution in [2.45, 2.75) is 20.0 Å². The predicted octanol–water partition coefficient (Wildman–Crippen LogP) is 2.20. The second kappa shape index (κ2) is 8.61. The normalized spacial score (nSPS) is 10.1. The molecular weight excluding hydrogens is 312 g/mol. The molecule has 0 amide bonds. The number of benzene rings is 1. The summed E-state index contributed by atoms with van der Waals surface area (Å²) in [6.07, 6.45) is -0.353. The van der Waals surface area contributed by atoms with Gasteiger partial charge in [0, 0.05) is 6.07 Å². The molecule has 1 aromatic carbocycles. The Balaban J connectivity index is 1.89. The number of hydrogen-bond donors (Lipinski definition) is 0. The number of esters is 1. The summed E-state index contributed by atoms with van der Waals surface area (Å²) in [4.78, 5) is 23.1. The molecule has 0 bridgehead atoms. The molecule has 2 rings (SSSR count). The summed E-state index contributed by atoms with van der Waals surface area (Å²) in [5, 5.41) is 7.61. The van der Waals surface area contributed by atoms with Gasteiger partial charge in [-0.3, -0.25) is 9.59 Å². The van der Waals surface area contributed by atoms with Crippen LogP contribution in [0.25, 0.3) is 0 Å². The van der Waals surface area contributed by atoms with Gasteiger partial charge in [0.2, 0.25) is 5.88 Å². The lowest BCUT2D eigenvalue weighted by molar-refractivity contribution is -0.141. The van der Waals surface area contributed by atoms with Gasteiger partial charge in [0.05, 0.1) is 13.7 Å². The van der Waals surface area contributed by atoms with Crippen LogP contribution in [0, 0.1) is 0 Å². The summed E-state index contributed by atoms with van der Waals surface area (Å²) in [5.41, 5.74) is 1.04. The van der Waals surface area contributed by atoms with Crippen LogP contribution in [0.3, 0.4) is 0 Å². The van der Waals surface area contributed by atoms with Crippen LogP contribution in [-0.2, 0) is 16.1 Å². The molecule has 0 aliphatic carbocycles. The number of Topliss-reactive ketones (excluding diaryl/α,β-unsaturated/α-hetero) is 1. The van der Waals surface area contributed by atoms with Crippen LogP contribution in [0.15, 0.2) is 36.4 Å². The molecule has 0 aliphatic rings. The monoisotopic (exact) mass is 330 g/mol. The minimum absolute atomic E-state index is 0.0971. The van der Waals surface area contributed by atoms with E-state index in [1.54, 1.807) is 14.0 Å². The Morgan fingerprint density at radius 1 is 1.04 bits per heavy atom. The van der Waals surface area contributed by atoms with Gasteiger partial charge in [-0.2, -0.15) is 0 Å². The van der Waals surface area contributed by atoms with E-state index in [2.05, 4.69) is 10.2 Å². The van der Waals surface area contributed by atoms with Gasteiger partial charge in [0.25, 0.3) is 0 Å². The van der Waals surface area contributed by atoms with Gasteiger partial charge in [0.1, 0.15) is 24.5 Å². The van der Waals surface area contributed by atoms with Gasteiger partial charge in [-0.1, -0.05) is 12.1 Å². The number of nitrogens with zero attached hydrogens (tertiary/aromatic N) is 2. The molecule has 1 aromatic heterocycles. The van der Waals surface area contributed by atoms with Crippen LogP contribution in [0.4, 0.5) is 0 Å². The van der Waals surface area contributed by atoms with Crippen LogP contribution in [-0.4, -0.2) is 35.7 Å². The highest BCUT2D eigenvalue weighted by atomic mass is 16.5. The van der Waals surface area contributed by atoms with Gasteiger partial charge in [0.15, 0.2) is 5.78 Å². The summed E-state index contributed by atoms with van der Waals surface area (Å²) in [5.74, 6) is 0.0355. The quantitative estimate of drug-likeness (QED) is 0.416. The molecule has 0 fully saturated rings. The fourth-order valence-electron chi connectivity index (χ4n) is 1.86. The zero-order valence-corrected chi connectivity index (χ0v) is 13.5. The largest absolute Gasteiger partial charge is 0.497 e. The topological polar surface area (TPSA) is 87.6 Å². The van der Waals surface area contributed by atoms with Crippen molar-refractivity contribution in [2.75, 3.05) is 13.7 Å². The highest BCUT2D eigenvalue weighted by Crippen LogP contribution is 2.14. The Morgan fingerprint density at radius 3 is 2.38 bits per heavy atom. The molecule has 1 heterocycles. The van der Waals surface area contributed by atoms with Crippen LogP contribution in [0.1, 0.15) is 29.4 Å². The van der Waals surface area contributed by atoms with E-state index in [9.17, 15) is 9.59 Å². The van der Waals surface area contributed by atoms with E-state index in [-0.39, 0.29) is 18.7 Å². The average molecular weight is 330 g/mol. The van der Waals surface area contributed by atoms with Gasteiger partial charge < -0.3 is 14.2 Å². The van der Waals surface area contributed by atoms with Crippen molar-refractivity contribution in [3.05, 3.63) is 47.7 Å². The van der Waals surface area contributed by atoms with E-state index in [1.807, 2.05) is 24.3 Å². The standard InChI is InChI=1S/C17H18N2O5/c1-3-23-17(21)10-15(20)14-8-9-16(19-18-14)24-11-12-4-6-13(22-2)7-5-12/h4-9H,3,10-11H2,1-2H3. The van der Waals surface area contributed by atoms with Crippen molar-refractivity contribution >= 4 is 11.8 Å². The maximum absolute atomic E-state index is 11.8. The number of methoxy groups -OCH3 is 1. The summed E-state index contributed by atoms with van der Waals surface area (Å²) < 4.78 is 15.3. The zero-order chi connectivity index (χ0) is 17.4. The highest BCUT2D eigenvalue weighted by Gasteiger charge is 2.14. The molecule has 0 N–H and O–H groups in total. The SMILES string of the molecule is CCOC(=O)CC(=O)c1ccc(OCc2ccc(OC)cc2)nn1. The lowest BCUT2D eigenvalue weighted by Crippen LogP contribution is -2.13. The van der Waals surface area contributed by atoms with Crippen molar-refractivity contribution in [1.29, 1.82) is 0 Å². The van der Waals surface area contributed by atoms with Gasteiger partial charge >= 0.3 is 5.97 Å². The number of carbonyl (C=O) groups is 2. The van der Waals surface area contributed by atoms with Crippen molar-refractivity contribution in [2.24, 2.45) is 0 Å². The fourth-order valence-corrected chi connectivity index (χ4v) is 1.86. The summed E-state index contributed by atoms with van der Waals surface area (Å²) in [7, 11) is 1.60. The first-order chi connectivity index (χ1) is 11.6. The third-order valence-electron chi connectivity index (χ3n) is 3.08. The van der Waals surface area contributed by atoms with Crippen molar-refractivity contribution < 1.29 is 23.8 Å². The van der Waals surface area contributed by atoms with E-state index in [0.29, 0.717) is 12.5 Å². The maximum atomic E-state index is 11.8. The van der Waals surface area contributed by atoms with E-state index in [0.717, 1.165) is 11.3 Å². The van der Waals surface area contributed by atoms with Crippen LogP contribution in [0.2, 0.25) is 0 Å². The third-order valence-corrected chi connectivity index (χ3v) is 3.08. The van der Waals surface area contributed by atoms with Crippen molar-refractivity contribution in [3.63, 3.8) is 0 Å². The van der Waals surface area contributed by atoms with Crippen LogP contribution < -0.4 is 9.47 Å². The minimum Gasteiger partial charge on any atom is -0.497 e. The molecule has 24 heavy (non-hydrogen) atoms. The zero-order valence-electron chi connectivity index (χ0n) is 13.5. The molecule has 0 radical (unpaired) electrons. The Hall–Kier alpha value is -2.96.